The molecule has 2 aromatic rings. The zero-order chi connectivity index (χ0) is 12.6. The lowest BCUT2D eigenvalue weighted by molar-refractivity contribution is 1.09. The molecule has 0 saturated carbocycles. The van der Waals surface area contributed by atoms with Gasteiger partial charge in [0.25, 0.3) is 0 Å². The number of nitrogens with zero attached hydrogens (tertiary/aromatic N) is 4. The lowest BCUT2D eigenvalue weighted by Crippen LogP contribution is -2.21. The van der Waals surface area contributed by atoms with Crippen LogP contribution in [0.3, 0.4) is 0 Å². The van der Waals surface area contributed by atoms with Crippen LogP contribution in [0.1, 0.15) is 16.3 Å². The molecule has 0 saturated heterocycles. The Morgan fingerprint density at radius 1 is 1.47 bits per heavy atom. The summed E-state index contributed by atoms with van der Waals surface area (Å²) < 4.78 is 1.92. The van der Waals surface area contributed by atoms with Crippen LogP contribution in [0.2, 0.25) is 5.15 Å². The Labute approximate surface area is 107 Å². The first-order valence-electron chi connectivity index (χ1n) is 4.76. The molecule has 0 radical (unpaired) electrons. The number of aryl methyl sites for hydroxylation is 2. The van der Waals surface area contributed by atoms with Crippen LogP contribution in [0.5, 0.6) is 0 Å². The predicted octanol–water partition coefficient (Wildman–Crippen LogP) is 1.27. The Hall–Kier alpha value is -1.60. The normalized spacial score (nSPS) is 11.5. The fourth-order valence-corrected chi connectivity index (χ4v) is 2.65. The van der Waals surface area contributed by atoms with E-state index >= 15 is 0 Å². The molecule has 0 amide bonds. The minimum absolute atomic E-state index is 0.101. The molecule has 2 aromatic heterocycles. The highest BCUT2D eigenvalue weighted by Crippen LogP contribution is 2.26. The lowest BCUT2D eigenvalue weighted by Gasteiger charge is -1.95. The van der Waals surface area contributed by atoms with Gasteiger partial charge in [0.2, 0.25) is 5.96 Å². The van der Waals surface area contributed by atoms with Crippen LogP contribution < -0.4 is 11.5 Å². The zero-order valence-electron chi connectivity index (χ0n) is 9.31. The number of aromatic nitrogens is 2. The molecule has 2 rings (SSSR count). The Balaban J connectivity index is 2.56. The summed E-state index contributed by atoms with van der Waals surface area (Å²) in [5.41, 5.74) is 12.1. The van der Waals surface area contributed by atoms with E-state index in [1.165, 1.54) is 11.1 Å². The smallest absolute Gasteiger partial charge is 0.211 e. The van der Waals surface area contributed by atoms with Crippen LogP contribution in [-0.2, 0) is 0 Å². The molecule has 2 heterocycles. The molecule has 0 atom stereocenters. The van der Waals surface area contributed by atoms with Gasteiger partial charge in [0.15, 0.2) is 10.1 Å². The lowest BCUT2D eigenvalue weighted by atomic mass is 10.4. The van der Waals surface area contributed by atoms with E-state index in [0.717, 1.165) is 10.7 Å². The van der Waals surface area contributed by atoms with Crippen molar-refractivity contribution < 1.29 is 0 Å². The van der Waals surface area contributed by atoms with Crippen LogP contribution in [0.4, 0.5) is 0 Å². The van der Waals surface area contributed by atoms with Gasteiger partial charge in [0.05, 0.1) is 6.21 Å². The average Bonchev–Trinajstić information content (AvgIpc) is 2.66. The predicted molar refractivity (Wildman–Crippen MR) is 71.0 cm³/mol. The molecule has 0 bridgehead atoms. The number of hydrogen-bond donors (Lipinski definition) is 2. The monoisotopic (exact) mass is 270 g/mol. The minimum Gasteiger partial charge on any atom is -0.369 e. The van der Waals surface area contributed by atoms with Crippen molar-refractivity contribution in [2.45, 2.75) is 13.8 Å². The van der Waals surface area contributed by atoms with Gasteiger partial charge in [-0.1, -0.05) is 11.6 Å². The van der Waals surface area contributed by atoms with Crippen LogP contribution >= 0.6 is 22.9 Å². The Bertz CT molecular complexity index is 619. The SMILES string of the molecule is Cc1sc2nc(Cl)c(/C=N\N=C(N)N)n2c1C. The summed E-state index contributed by atoms with van der Waals surface area (Å²) in [7, 11) is 0. The molecule has 4 N–H and O–H groups in total. The van der Waals surface area contributed by atoms with Crippen molar-refractivity contribution in [3.05, 3.63) is 21.4 Å². The summed E-state index contributed by atoms with van der Waals surface area (Å²) in [6.45, 7) is 4.02. The number of rotatable bonds is 2. The largest absolute Gasteiger partial charge is 0.369 e. The molecule has 8 heteroatoms. The Morgan fingerprint density at radius 3 is 2.82 bits per heavy atom. The standard InChI is InChI=1S/C9H11ClN6S/c1-4-5(2)17-9-14-7(10)6(16(4)9)3-13-15-8(11)12/h3H,1-2H3,(H4,11,12,15)/b13-3-. The van der Waals surface area contributed by atoms with Crippen molar-refractivity contribution in [1.29, 1.82) is 0 Å². The Morgan fingerprint density at radius 2 is 2.18 bits per heavy atom. The minimum atomic E-state index is -0.101. The van der Waals surface area contributed by atoms with E-state index in [1.807, 2.05) is 18.2 Å². The molecule has 0 fully saturated rings. The second kappa shape index (κ2) is 4.34. The summed E-state index contributed by atoms with van der Waals surface area (Å²) in [4.78, 5) is 6.25. The highest BCUT2D eigenvalue weighted by molar-refractivity contribution is 7.17. The van der Waals surface area contributed by atoms with Crippen molar-refractivity contribution in [2.24, 2.45) is 21.7 Å². The van der Waals surface area contributed by atoms with Crippen LogP contribution in [-0.4, -0.2) is 21.6 Å². The quantitative estimate of drug-likeness (QED) is 0.489. The van der Waals surface area contributed by atoms with Gasteiger partial charge in [0, 0.05) is 10.6 Å². The maximum absolute atomic E-state index is 6.02. The van der Waals surface area contributed by atoms with E-state index in [0.29, 0.717) is 10.8 Å². The van der Waals surface area contributed by atoms with Crippen molar-refractivity contribution >= 4 is 40.1 Å². The zero-order valence-corrected chi connectivity index (χ0v) is 10.9. The van der Waals surface area contributed by atoms with E-state index in [4.69, 9.17) is 23.1 Å². The van der Waals surface area contributed by atoms with Gasteiger partial charge in [-0.25, -0.2) is 4.98 Å². The third-order valence-electron chi connectivity index (χ3n) is 2.28. The number of hydrogen-bond acceptors (Lipinski definition) is 4. The number of fused-ring (bicyclic) bond motifs is 1. The number of halogens is 1. The fourth-order valence-electron chi connectivity index (χ4n) is 1.41. The molecule has 0 aliphatic carbocycles. The molecule has 0 unspecified atom stereocenters. The van der Waals surface area contributed by atoms with E-state index in [2.05, 4.69) is 15.2 Å². The topological polar surface area (TPSA) is 94.1 Å². The van der Waals surface area contributed by atoms with Crippen LogP contribution in [0, 0.1) is 13.8 Å². The van der Waals surface area contributed by atoms with Crippen molar-refractivity contribution in [1.82, 2.24) is 9.38 Å². The molecular weight excluding hydrogens is 260 g/mol. The van der Waals surface area contributed by atoms with Crippen molar-refractivity contribution in [3.63, 3.8) is 0 Å². The summed E-state index contributed by atoms with van der Waals surface area (Å²) in [5, 5.41) is 7.66. The maximum atomic E-state index is 6.02. The third kappa shape index (κ3) is 2.11. The molecule has 0 aliphatic heterocycles. The molecule has 17 heavy (non-hydrogen) atoms. The number of thiazole rings is 1. The number of imidazole rings is 1. The summed E-state index contributed by atoms with van der Waals surface area (Å²) in [6.07, 6.45) is 1.49. The van der Waals surface area contributed by atoms with E-state index < -0.39 is 0 Å². The second-order valence-electron chi connectivity index (χ2n) is 3.42. The highest BCUT2D eigenvalue weighted by Gasteiger charge is 2.14. The molecule has 0 aromatic carbocycles. The van der Waals surface area contributed by atoms with Gasteiger partial charge in [-0.2, -0.15) is 5.10 Å². The van der Waals surface area contributed by atoms with Gasteiger partial charge in [-0.3, -0.25) is 4.40 Å². The first-order chi connectivity index (χ1) is 8.00. The molecule has 0 spiro atoms. The summed E-state index contributed by atoms with van der Waals surface area (Å²) in [6, 6.07) is 0. The van der Waals surface area contributed by atoms with E-state index in [-0.39, 0.29) is 5.96 Å². The molecular formula is C9H11ClN6S. The fraction of sp³-hybridized carbons (Fsp3) is 0.222. The van der Waals surface area contributed by atoms with Gasteiger partial charge >= 0.3 is 0 Å². The third-order valence-corrected chi connectivity index (χ3v) is 3.62. The van der Waals surface area contributed by atoms with E-state index in [1.54, 1.807) is 11.3 Å². The Kier molecular flexibility index (Phi) is 3.03. The summed E-state index contributed by atoms with van der Waals surface area (Å²) in [5.74, 6) is -0.101. The summed E-state index contributed by atoms with van der Waals surface area (Å²) >= 11 is 7.60. The average molecular weight is 271 g/mol. The number of nitrogens with two attached hydrogens (primary N) is 2. The van der Waals surface area contributed by atoms with Gasteiger partial charge in [-0.15, -0.1) is 16.4 Å². The molecule has 0 aliphatic rings. The first kappa shape index (κ1) is 11.9. The maximum Gasteiger partial charge on any atom is 0.211 e. The van der Waals surface area contributed by atoms with Crippen molar-refractivity contribution in [2.75, 3.05) is 0 Å². The molecule has 6 nitrogen and oxygen atoms in total. The first-order valence-corrected chi connectivity index (χ1v) is 5.96. The van der Waals surface area contributed by atoms with Gasteiger partial charge in [-0.05, 0) is 13.8 Å². The van der Waals surface area contributed by atoms with Crippen LogP contribution in [0.25, 0.3) is 4.96 Å². The van der Waals surface area contributed by atoms with Crippen molar-refractivity contribution in [3.8, 4) is 0 Å². The highest BCUT2D eigenvalue weighted by atomic mass is 35.5. The number of guanidine groups is 1. The second-order valence-corrected chi connectivity index (χ2v) is 4.96. The van der Waals surface area contributed by atoms with Gasteiger partial charge in [0.1, 0.15) is 5.69 Å². The van der Waals surface area contributed by atoms with Crippen LogP contribution in [0.15, 0.2) is 10.2 Å². The van der Waals surface area contributed by atoms with E-state index in [9.17, 15) is 0 Å². The van der Waals surface area contributed by atoms with Gasteiger partial charge < -0.3 is 11.5 Å². The molecule has 90 valence electrons.